The number of hydrogen-bond acceptors (Lipinski definition) is 4. The van der Waals surface area contributed by atoms with E-state index in [-0.39, 0.29) is 24.1 Å². The molecule has 7 heteroatoms. The molecule has 1 atom stereocenters. The second-order valence-electron chi connectivity index (χ2n) is 6.67. The molecule has 0 aliphatic rings. The molecule has 0 radical (unpaired) electrons. The summed E-state index contributed by atoms with van der Waals surface area (Å²) >= 11 is 5.91. The Hall–Kier alpha value is -2.70. The Morgan fingerprint density at radius 1 is 1.21 bits per heavy atom. The summed E-state index contributed by atoms with van der Waals surface area (Å²) in [6.07, 6.45) is 0. The second kappa shape index (κ2) is 8.99. The number of nitrogens with zero attached hydrogens (tertiary/aromatic N) is 2. The molecule has 0 aliphatic carbocycles. The quantitative estimate of drug-likeness (QED) is 0.640. The highest BCUT2D eigenvalue weighted by Gasteiger charge is 2.15. The Morgan fingerprint density at radius 3 is 2.64 bits per heavy atom. The molecule has 0 fully saturated rings. The molecule has 0 saturated carbocycles. The first kappa shape index (κ1) is 20.0. The maximum absolute atomic E-state index is 12.5. The molecule has 1 amide bonds. The average Bonchev–Trinajstić information content (AvgIpc) is 2.68. The number of benzene rings is 2. The van der Waals surface area contributed by atoms with Crippen LogP contribution in [0.3, 0.4) is 0 Å². The number of H-pyrrole nitrogens is 1. The van der Waals surface area contributed by atoms with E-state index >= 15 is 0 Å². The number of halogens is 1. The minimum atomic E-state index is -0.169. The van der Waals surface area contributed by atoms with E-state index in [0.717, 1.165) is 5.56 Å². The molecule has 0 aliphatic heterocycles. The minimum Gasteiger partial charge on any atom is -0.348 e. The summed E-state index contributed by atoms with van der Waals surface area (Å²) in [7, 11) is 0. The van der Waals surface area contributed by atoms with E-state index < -0.39 is 0 Å². The summed E-state index contributed by atoms with van der Waals surface area (Å²) in [4.78, 5) is 33.9. The Kier molecular flexibility index (Phi) is 6.44. The fourth-order valence-electron chi connectivity index (χ4n) is 3.03. The Morgan fingerprint density at radius 2 is 1.93 bits per heavy atom. The maximum atomic E-state index is 12.5. The third kappa shape index (κ3) is 4.97. The van der Waals surface area contributed by atoms with Gasteiger partial charge in [-0.2, -0.15) is 0 Å². The van der Waals surface area contributed by atoms with E-state index in [9.17, 15) is 9.59 Å². The molecule has 0 spiro atoms. The molecule has 1 aromatic heterocycles. The van der Waals surface area contributed by atoms with Gasteiger partial charge in [-0.05, 0) is 43.3 Å². The molecule has 3 rings (SSSR count). The highest BCUT2D eigenvalue weighted by Crippen LogP contribution is 2.16. The van der Waals surface area contributed by atoms with Gasteiger partial charge in [0.2, 0.25) is 5.91 Å². The van der Waals surface area contributed by atoms with Crippen molar-refractivity contribution in [3.63, 3.8) is 0 Å². The smallest absolute Gasteiger partial charge is 0.258 e. The number of likely N-dealkylation sites (N-methyl/N-ethyl adjacent to an activating group) is 1. The van der Waals surface area contributed by atoms with Crippen LogP contribution < -0.4 is 10.9 Å². The van der Waals surface area contributed by atoms with E-state index in [1.54, 1.807) is 18.2 Å². The van der Waals surface area contributed by atoms with Crippen molar-refractivity contribution >= 4 is 28.4 Å². The molecular weight excluding hydrogens is 376 g/mol. The van der Waals surface area contributed by atoms with Crippen LogP contribution in [0.15, 0.2) is 53.3 Å². The summed E-state index contributed by atoms with van der Waals surface area (Å²) in [6.45, 7) is 5.15. The summed E-state index contributed by atoms with van der Waals surface area (Å²) in [6, 6.07) is 14.5. The first-order valence-corrected chi connectivity index (χ1v) is 9.59. The number of aromatic amines is 1. The fourth-order valence-corrected chi connectivity index (χ4v) is 3.15. The number of rotatable bonds is 7. The van der Waals surface area contributed by atoms with E-state index in [1.165, 1.54) is 0 Å². The Bertz CT molecular complexity index is 1020. The number of nitrogens with one attached hydrogen (secondary N) is 2. The second-order valence-corrected chi connectivity index (χ2v) is 7.11. The molecule has 6 nitrogen and oxygen atoms in total. The van der Waals surface area contributed by atoms with Gasteiger partial charge in [-0.1, -0.05) is 42.8 Å². The number of carbonyl (C=O) groups excluding carboxylic acids is 1. The first-order chi connectivity index (χ1) is 13.5. The number of carbonyl (C=O) groups is 1. The third-order valence-corrected chi connectivity index (χ3v) is 4.85. The van der Waals surface area contributed by atoms with Gasteiger partial charge in [0.25, 0.3) is 5.56 Å². The van der Waals surface area contributed by atoms with Crippen molar-refractivity contribution in [3.05, 3.63) is 75.3 Å². The van der Waals surface area contributed by atoms with Crippen molar-refractivity contribution in [2.75, 3.05) is 13.1 Å². The summed E-state index contributed by atoms with van der Waals surface area (Å²) < 4.78 is 0. The van der Waals surface area contributed by atoms with Gasteiger partial charge in [-0.3, -0.25) is 14.5 Å². The van der Waals surface area contributed by atoms with Crippen LogP contribution >= 0.6 is 11.6 Å². The predicted octanol–water partition coefficient (Wildman–Crippen LogP) is 3.28. The Labute approximate surface area is 168 Å². The largest absolute Gasteiger partial charge is 0.348 e. The maximum Gasteiger partial charge on any atom is 0.258 e. The lowest BCUT2D eigenvalue weighted by molar-refractivity contribution is -0.123. The van der Waals surface area contributed by atoms with Gasteiger partial charge in [0.15, 0.2) is 0 Å². The van der Waals surface area contributed by atoms with Crippen LogP contribution in [0.2, 0.25) is 5.02 Å². The first-order valence-electron chi connectivity index (χ1n) is 9.21. The van der Waals surface area contributed by atoms with Crippen LogP contribution in [0.25, 0.3) is 10.9 Å². The van der Waals surface area contributed by atoms with E-state index in [0.29, 0.717) is 34.8 Å². The minimum absolute atomic E-state index is 0.0903. The van der Waals surface area contributed by atoms with Crippen LogP contribution in [0.1, 0.15) is 31.3 Å². The summed E-state index contributed by atoms with van der Waals surface area (Å²) in [5.74, 6) is 0.455. The lowest BCUT2D eigenvalue weighted by Gasteiger charge is -2.21. The van der Waals surface area contributed by atoms with E-state index in [4.69, 9.17) is 11.6 Å². The number of aromatic nitrogens is 2. The molecule has 0 saturated heterocycles. The molecule has 2 aromatic carbocycles. The number of para-hydroxylation sites is 1. The molecule has 0 bridgehead atoms. The van der Waals surface area contributed by atoms with Gasteiger partial charge >= 0.3 is 0 Å². The molecule has 1 heterocycles. The van der Waals surface area contributed by atoms with Crippen molar-refractivity contribution in [1.82, 2.24) is 20.2 Å². The predicted molar refractivity (Wildman–Crippen MR) is 111 cm³/mol. The van der Waals surface area contributed by atoms with Crippen molar-refractivity contribution in [3.8, 4) is 0 Å². The monoisotopic (exact) mass is 398 g/mol. The highest BCUT2D eigenvalue weighted by molar-refractivity contribution is 6.30. The molecular formula is C21H23ClN4O2. The van der Waals surface area contributed by atoms with Crippen LogP contribution in [0.5, 0.6) is 0 Å². The lowest BCUT2D eigenvalue weighted by Crippen LogP contribution is -2.38. The lowest BCUT2D eigenvalue weighted by atomic mass is 10.1. The number of hydrogen-bond donors (Lipinski definition) is 2. The zero-order valence-electron chi connectivity index (χ0n) is 15.9. The SMILES string of the molecule is CCN(CC(=O)NC(C)c1ccc(Cl)cc1)Cc1nc2ccccc2c(=O)[nH]1. The van der Waals surface area contributed by atoms with Crippen LogP contribution in [-0.2, 0) is 11.3 Å². The van der Waals surface area contributed by atoms with E-state index in [2.05, 4.69) is 15.3 Å². The summed E-state index contributed by atoms with van der Waals surface area (Å²) in [5.41, 5.74) is 1.47. The summed E-state index contributed by atoms with van der Waals surface area (Å²) in [5, 5.41) is 4.21. The van der Waals surface area contributed by atoms with Gasteiger partial charge in [0, 0.05) is 5.02 Å². The van der Waals surface area contributed by atoms with Crippen molar-refractivity contribution in [2.24, 2.45) is 0 Å². The topological polar surface area (TPSA) is 78.1 Å². The molecule has 146 valence electrons. The number of amides is 1. The molecule has 28 heavy (non-hydrogen) atoms. The molecule has 1 unspecified atom stereocenters. The molecule has 3 aromatic rings. The Balaban J connectivity index is 1.64. The third-order valence-electron chi connectivity index (χ3n) is 4.60. The zero-order chi connectivity index (χ0) is 20.1. The number of fused-ring (bicyclic) bond motifs is 1. The van der Waals surface area contributed by atoms with Gasteiger partial charge in [-0.15, -0.1) is 0 Å². The van der Waals surface area contributed by atoms with E-state index in [1.807, 2.05) is 49.1 Å². The zero-order valence-corrected chi connectivity index (χ0v) is 16.7. The van der Waals surface area contributed by atoms with Crippen molar-refractivity contribution in [2.45, 2.75) is 26.4 Å². The standard InChI is InChI=1S/C21H23ClN4O2/c1-3-26(12-19-24-18-7-5-4-6-17(18)21(28)25-19)13-20(27)23-14(2)15-8-10-16(22)11-9-15/h4-11,14H,3,12-13H2,1-2H3,(H,23,27)(H,24,25,28). The van der Waals surface area contributed by atoms with Crippen molar-refractivity contribution in [1.29, 1.82) is 0 Å². The van der Waals surface area contributed by atoms with Crippen molar-refractivity contribution < 1.29 is 4.79 Å². The molecule has 2 N–H and O–H groups in total. The van der Waals surface area contributed by atoms with Gasteiger partial charge in [-0.25, -0.2) is 4.98 Å². The fraction of sp³-hybridized carbons (Fsp3) is 0.286. The van der Waals surface area contributed by atoms with Gasteiger partial charge in [0.05, 0.1) is 30.0 Å². The van der Waals surface area contributed by atoms with Gasteiger partial charge < -0.3 is 10.3 Å². The highest BCUT2D eigenvalue weighted by atomic mass is 35.5. The van der Waals surface area contributed by atoms with Crippen LogP contribution in [-0.4, -0.2) is 33.9 Å². The van der Waals surface area contributed by atoms with Crippen LogP contribution in [0, 0.1) is 0 Å². The average molecular weight is 399 g/mol. The normalized spacial score (nSPS) is 12.3. The van der Waals surface area contributed by atoms with Crippen LogP contribution in [0.4, 0.5) is 0 Å². The van der Waals surface area contributed by atoms with Gasteiger partial charge in [0.1, 0.15) is 5.82 Å².